The van der Waals surface area contributed by atoms with Gasteiger partial charge in [0.25, 0.3) is 47.3 Å². The third-order valence-corrected chi connectivity index (χ3v) is 28.5. The number of benzene rings is 4. The average Bonchev–Trinajstić information content (AvgIpc) is 1.70. The molecule has 4 aliphatic rings. The summed E-state index contributed by atoms with van der Waals surface area (Å²) in [5, 5.41) is 26.5. The minimum atomic E-state index is -0.547. The second kappa shape index (κ2) is 45.8. The SMILES string of the molecule is CN(C)C=O.COCCNC(=O)c1c(NC(=O)c2cc(=O)c3ccc(C)c(C)c3o2)sc2c1CCCC2.COCCNC(=O)c1c(NC(=O)c2cc(=O)c3ccc(C)c(C)c3o2)sc2c1CCCC2.COCCNC(=O)c1c(NC(=O)c2cc(=O)c3ccc(C)c(C)c3o2)sc2c1CCCC2.COCCNC(=O)c1c(NC(=O)c2cc(=O)c3ccc(C)c(C)c3o2)sc2c1CCCC2. The highest BCUT2D eigenvalue weighted by molar-refractivity contribution is 7.18. The lowest BCUT2D eigenvalue weighted by molar-refractivity contribution is -0.115. The number of thiophene rings is 4. The summed E-state index contributed by atoms with van der Waals surface area (Å²) in [7, 11) is 9.67. The van der Waals surface area contributed by atoms with Gasteiger partial charge in [0.15, 0.2) is 44.8 Å². The Kier molecular flexibility index (Phi) is 34.3. The Morgan fingerprint density at radius 2 is 0.519 bits per heavy atom. The first-order valence-electron chi connectivity index (χ1n) is 44.1. The lowest BCUT2D eigenvalue weighted by Gasteiger charge is -2.13. The second-order valence-corrected chi connectivity index (χ2v) is 37.4. The lowest BCUT2D eigenvalue weighted by atomic mass is 9.95. The molecule has 0 spiro atoms. The molecule has 0 fully saturated rings. The van der Waals surface area contributed by atoms with Gasteiger partial charge in [0, 0.05) is 112 Å². The predicted molar refractivity (Wildman–Crippen MR) is 520 cm³/mol. The highest BCUT2D eigenvalue weighted by Gasteiger charge is 2.34. The van der Waals surface area contributed by atoms with Gasteiger partial charge >= 0.3 is 0 Å². The van der Waals surface area contributed by atoms with Gasteiger partial charge in [-0.3, -0.25) is 62.3 Å². The maximum Gasteiger partial charge on any atom is 0.292 e. The van der Waals surface area contributed by atoms with E-state index in [-0.39, 0.29) is 68.4 Å². The number of ether oxygens (including phenoxy) is 4. The maximum atomic E-state index is 13.1. The molecule has 0 atom stereocenters. The molecular weight excluding hydrogens is 1780 g/mol. The van der Waals surface area contributed by atoms with Gasteiger partial charge < -0.3 is 84.1 Å². The molecule has 34 heteroatoms. The quantitative estimate of drug-likeness (QED) is 0.0195. The standard InChI is InChI=1S/4C24H26N2O5S.C3H7NO/c4*1-13-8-9-15-17(27)12-18(31-21(15)14(13)2)22(28)26-24-20(23(29)25-10-11-30-3)16-6-4-5-7-19(16)32-24;1-4(2)3-5/h4*8-9,12H,4-7,10-11H2,1-3H3,(H,25,29)(H,26,28);3H,1-2H3. The highest BCUT2D eigenvalue weighted by atomic mass is 32.1. The molecule has 8 heterocycles. The van der Waals surface area contributed by atoms with E-state index in [1.165, 1.54) is 74.5 Å². The van der Waals surface area contributed by atoms with Gasteiger partial charge in [-0.1, -0.05) is 24.3 Å². The van der Waals surface area contributed by atoms with Crippen molar-refractivity contribution in [3.05, 3.63) is 245 Å². The summed E-state index contributed by atoms with van der Waals surface area (Å²) < 4.78 is 43.4. The molecule has 16 rings (SSSR count). The van der Waals surface area contributed by atoms with Gasteiger partial charge in [-0.05, 0) is 249 Å². The van der Waals surface area contributed by atoms with Crippen molar-refractivity contribution in [1.82, 2.24) is 26.2 Å². The molecular formula is C99H111N9O21S4. The Labute approximate surface area is 783 Å². The van der Waals surface area contributed by atoms with Crippen molar-refractivity contribution in [2.45, 2.75) is 158 Å². The Hall–Kier alpha value is -12.4. The molecule has 0 unspecified atom stereocenters. The number of aryl methyl sites for hydroxylation is 12. The van der Waals surface area contributed by atoms with Gasteiger partial charge in [0.1, 0.15) is 42.3 Å². The molecule has 0 radical (unpaired) electrons. The molecule has 9 amide bonds. The van der Waals surface area contributed by atoms with Crippen molar-refractivity contribution in [3.8, 4) is 0 Å². The first-order valence-corrected chi connectivity index (χ1v) is 47.4. The number of nitrogens with one attached hydrogen (secondary N) is 8. The number of carbonyl (C=O) groups is 9. The normalized spacial score (nSPS) is 12.9. The van der Waals surface area contributed by atoms with E-state index >= 15 is 0 Å². The number of methoxy groups -OCH3 is 4. The van der Waals surface area contributed by atoms with E-state index in [4.69, 9.17) is 36.6 Å². The van der Waals surface area contributed by atoms with Crippen LogP contribution in [0.3, 0.4) is 0 Å². The van der Waals surface area contributed by atoms with Crippen LogP contribution in [-0.2, 0) is 75.1 Å². The molecule has 8 aromatic heterocycles. The number of fused-ring (bicyclic) bond motifs is 8. The highest BCUT2D eigenvalue weighted by Crippen LogP contribution is 2.43. The summed E-state index contributed by atoms with van der Waals surface area (Å²) in [6, 6.07) is 19.1. The first-order chi connectivity index (χ1) is 63.9. The minimum absolute atomic E-state index is 0.0756. The number of nitrogens with zero attached hydrogens (tertiary/aromatic N) is 1. The van der Waals surface area contributed by atoms with Crippen LogP contribution in [0.4, 0.5) is 20.0 Å². The Morgan fingerprint density at radius 3 is 0.707 bits per heavy atom. The zero-order valence-electron chi connectivity index (χ0n) is 77.1. The summed E-state index contributed by atoms with van der Waals surface area (Å²) in [6.07, 6.45) is 15.8. The second-order valence-electron chi connectivity index (χ2n) is 33.0. The van der Waals surface area contributed by atoms with Crippen LogP contribution in [0.2, 0.25) is 0 Å². The van der Waals surface area contributed by atoms with Gasteiger partial charge in [-0.15, -0.1) is 45.3 Å². The number of amides is 9. The number of anilines is 4. The number of hydrogen-bond donors (Lipinski definition) is 8. The smallest absolute Gasteiger partial charge is 0.292 e. The third kappa shape index (κ3) is 23.4. The largest absolute Gasteiger partial charge is 0.450 e. The molecule has 0 saturated carbocycles. The predicted octanol–water partition coefficient (Wildman–Crippen LogP) is 15.6. The zero-order chi connectivity index (χ0) is 95.6. The van der Waals surface area contributed by atoms with Crippen LogP contribution < -0.4 is 64.2 Å². The molecule has 0 bridgehead atoms. The topological polar surface area (TPSA) is 411 Å². The molecule has 702 valence electrons. The van der Waals surface area contributed by atoms with Gasteiger partial charge in [-0.25, -0.2) is 0 Å². The van der Waals surface area contributed by atoms with Crippen molar-refractivity contribution < 1.29 is 79.8 Å². The molecule has 4 aliphatic carbocycles. The van der Waals surface area contributed by atoms with Crippen molar-refractivity contribution in [2.75, 3.05) is 116 Å². The number of rotatable bonds is 25. The molecule has 8 N–H and O–H groups in total. The fourth-order valence-electron chi connectivity index (χ4n) is 15.9. The fourth-order valence-corrected chi connectivity index (χ4v) is 21.0. The van der Waals surface area contributed by atoms with Crippen molar-refractivity contribution in [2.24, 2.45) is 0 Å². The summed E-state index contributed by atoms with van der Waals surface area (Å²) in [5.41, 5.74) is 13.7. The summed E-state index contributed by atoms with van der Waals surface area (Å²) in [6.45, 7) is 18.3. The molecule has 0 aliphatic heterocycles. The van der Waals surface area contributed by atoms with E-state index in [0.29, 0.717) is 139 Å². The van der Waals surface area contributed by atoms with Crippen LogP contribution in [0.5, 0.6) is 0 Å². The van der Waals surface area contributed by atoms with E-state index < -0.39 is 23.6 Å². The van der Waals surface area contributed by atoms with E-state index in [0.717, 1.165) is 195 Å². The molecule has 30 nitrogen and oxygen atoms in total. The van der Waals surface area contributed by atoms with E-state index in [1.54, 1.807) is 66.8 Å². The van der Waals surface area contributed by atoms with E-state index in [9.17, 15) is 62.3 Å². The monoisotopic (exact) mass is 1890 g/mol. The molecule has 12 aromatic rings. The zero-order valence-corrected chi connectivity index (χ0v) is 80.4. The summed E-state index contributed by atoms with van der Waals surface area (Å²) in [4.78, 5) is 170. The van der Waals surface area contributed by atoms with Gasteiger partial charge in [0.05, 0.1) is 70.2 Å². The number of carbonyl (C=O) groups excluding carboxylic acids is 9. The van der Waals surface area contributed by atoms with Crippen LogP contribution in [0.1, 0.15) is 221 Å². The van der Waals surface area contributed by atoms with Crippen molar-refractivity contribution in [1.29, 1.82) is 0 Å². The first kappa shape index (κ1) is 99.6. The molecule has 0 saturated heterocycles. The Balaban J connectivity index is 0.000000157. The fraction of sp³-hybridized carbons (Fsp3) is 0.384. The van der Waals surface area contributed by atoms with E-state index in [1.807, 2.05) is 79.7 Å². The summed E-state index contributed by atoms with van der Waals surface area (Å²) in [5.74, 6) is -3.42. The minimum Gasteiger partial charge on any atom is -0.450 e. The van der Waals surface area contributed by atoms with Gasteiger partial charge in [0.2, 0.25) is 6.41 Å². The van der Waals surface area contributed by atoms with Crippen LogP contribution >= 0.6 is 45.3 Å². The maximum absolute atomic E-state index is 13.1. The lowest BCUT2D eigenvalue weighted by Crippen LogP contribution is -2.28. The van der Waals surface area contributed by atoms with Crippen molar-refractivity contribution in [3.63, 3.8) is 0 Å². The number of hydrogen-bond acceptors (Lipinski definition) is 25. The average molecular weight is 1890 g/mol. The van der Waals surface area contributed by atoms with Crippen molar-refractivity contribution >= 4 is 163 Å². The third-order valence-electron chi connectivity index (χ3n) is 23.6. The molecule has 133 heavy (non-hydrogen) atoms. The van der Waals surface area contributed by atoms with Crippen LogP contribution in [-0.4, -0.2) is 154 Å². The van der Waals surface area contributed by atoms with Crippen LogP contribution in [0.15, 0.2) is 110 Å². The van der Waals surface area contributed by atoms with Crippen LogP contribution in [0.25, 0.3) is 43.9 Å². The van der Waals surface area contributed by atoms with Gasteiger partial charge in [-0.2, -0.15) is 0 Å². The van der Waals surface area contributed by atoms with E-state index in [2.05, 4.69) is 42.5 Å². The molecule has 4 aromatic carbocycles. The Bertz CT molecular complexity index is 5940. The van der Waals surface area contributed by atoms with Crippen LogP contribution in [0, 0.1) is 55.4 Å². The Morgan fingerprint density at radius 1 is 0.323 bits per heavy atom. The summed E-state index contributed by atoms with van der Waals surface area (Å²) >= 11 is 5.69.